The number of nitrogens with one attached hydrogen (secondary N) is 1. The number of amides is 1. The van der Waals surface area contributed by atoms with Gasteiger partial charge in [-0.15, -0.1) is 0 Å². The quantitative estimate of drug-likeness (QED) is 0.757. The van der Waals surface area contributed by atoms with Crippen molar-refractivity contribution in [3.63, 3.8) is 0 Å². The molecule has 5 nitrogen and oxygen atoms in total. The van der Waals surface area contributed by atoms with Crippen molar-refractivity contribution >= 4 is 17.6 Å². The van der Waals surface area contributed by atoms with E-state index < -0.39 is 0 Å². The highest BCUT2D eigenvalue weighted by Crippen LogP contribution is 2.19. The Balaban J connectivity index is 1.76. The zero-order chi connectivity index (χ0) is 19.0. The molecule has 0 saturated heterocycles. The van der Waals surface area contributed by atoms with Gasteiger partial charge in [-0.05, 0) is 35.2 Å². The summed E-state index contributed by atoms with van der Waals surface area (Å²) >= 11 is 0. The van der Waals surface area contributed by atoms with Crippen molar-refractivity contribution in [2.75, 3.05) is 11.9 Å². The fourth-order valence-corrected chi connectivity index (χ4v) is 2.20. The molecular weight excluding hydrogens is 330 g/mol. The van der Waals surface area contributed by atoms with Crippen LogP contribution in [-0.2, 0) is 20.9 Å². The van der Waals surface area contributed by atoms with Gasteiger partial charge in [-0.25, -0.2) is 0 Å². The number of ether oxygens (including phenoxy) is 2. The van der Waals surface area contributed by atoms with Crippen LogP contribution in [0.15, 0.2) is 54.6 Å². The van der Waals surface area contributed by atoms with Gasteiger partial charge < -0.3 is 14.8 Å². The van der Waals surface area contributed by atoms with Gasteiger partial charge in [-0.1, -0.05) is 51.1 Å². The molecule has 0 spiro atoms. The molecule has 1 N–H and O–H groups in total. The summed E-state index contributed by atoms with van der Waals surface area (Å²) in [6.07, 6.45) is 0.272. The Kier molecular flexibility index (Phi) is 6.78. The molecule has 0 aliphatic carbocycles. The van der Waals surface area contributed by atoms with E-state index in [-0.39, 0.29) is 30.3 Å². The molecule has 5 heteroatoms. The van der Waals surface area contributed by atoms with Crippen molar-refractivity contribution < 1.29 is 19.1 Å². The summed E-state index contributed by atoms with van der Waals surface area (Å²) in [4.78, 5) is 23.5. The van der Waals surface area contributed by atoms with Gasteiger partial charge in [0.05, 0.1) is 6.42 Å². The van der Waals surface area contributed by atoms with Gasteiger partial charge in [-0.2, -0.15) is 0 Å². The maximum Gasteiger partial charge on any atom is 0.306 e. The van der Waals surface area contributed by atoms with Gasteiger partial charge in [0.15, 0.2) is 6.61 Å². The average molecular weight is 355 g/mol. The van der Waals surface area contributed by atoms with Crippen LogP contribution in [0.4, 0.5) is 5.69 Å². The van der Waals surface area contributed by atoms with E-state index in [1.165, 1.54) is 0 Å². The van der Waals surface area contributed by atoms with E-state index in [4.69, 9.17) is 9.47 Å². The second kappa shape index (κ2) is 9.04. The van der Waals surface area contributed by atoms with Crippen molar-refractivity contribution in [1.82, 2.24) is 0 Å². The molecule has 0 unspecified atom stereocenters. The van der Waals surface area contributed by atoms with Crippen molar-refractivity contribution in [3.05, 3.63) is 60.2 Å². The summed E-state index contributed by atoms with van der Waals surface area (Å²) in [5, 5.41) is 2.69. The van der Waals surface area contributed by atoms with Crippen LogP contribution < -0.4 is 10.1 Å². The maximum absolute atomic E-state index is 11.9. The van der Waals surface area contributed by atoms with E-state index in [1.54, 1.807) is 24.3 Å². The lowest BCUT2D eigenvalue weighted by Gasteiger charge is -2.16. The van der Waals surface area contributed by atoms with E-state index in [0.717, 1.165) is 5.56 Å². The van der Waals surface area contributed by atoms with Gasteiger partial charge in [0.2, 0.25) is 0 Å². The van der Waals surface area contributed by atoms with E-state index in [2.05, 4.69) is 5.32 Å². The van der Waals surface area contributed by atoms with Gasteiger partial charge in [0.25, 0.3) is 5.91 Å². The first-order valence-electron chi connectivity index (χ1n) is 8.54. The summed E-state index contributed by atoms with van der Waals surface area (Å²) in [7, 11) is 0. The van der Waals surface area contributed by atoms with Crippen molar-refractivity contribution in [3.8, 4) is 5.75 Å². The molecule has 0 aliphatic rings. The smallest absolute Gasteiger partial charge is 0.306 e. The predicted octanol–water partition coefficient (Wildman–Crippen LogP) is 4.18. The number of anilines is 1. The Morgan fingerprint density at radius 2 is 1.62 bits per heavy atom. The number of carbonyl (C=O) groups excluding carboxylic acids is 2. The fourth-order valence-electron chi connectivity index (χ4n) is 2.20. The van der Waals surface area contributed by atoms with Crippen LogP contribution in [0.1, 0.15) is 32.8 Å². The minimum Gasteiger partial charge on any atom is -0.489 e. The molecule has 1 amide bonds. The Labute approximate surface area is 154 Å². The second-order valence-electron chi connectivity index (χ2n) is 7.24. The van der Waals surface area contributed by atoms with Crippen molar-refractivity contribution in [2.45, 2.75) is 33.8 Å². The Bertz CT molecular complexity index is 718. The molecule has 0 saturated carbocycles. The predicted molar refractivity (Wildman–Crippen MR) is 101 cm³/mol. The Hall–Kier alpha value is -2.82. The van der Waals surface area contributed by atoms with Gasteiger partial charge in [0.1, 0.15) is 12.4 Å². The highest BCUT2D eigenvalue weighted by atomic mass is 16.5. The normalized spacial score (nSPS) is 10.9. The summed E-state index contributed by atoms with van der Waals surface area (Å²) in [6, 6.07) is 16.9. The van der Waals surface area contributed by atoms with Crippen LogP contribution in [0.2, 0.25) is 0 Å². The average Bonchev–Trinajstić information content (AvgIpc) is 2.59. The highest BCUT2D eigenvalue weighted by Gasteiger charge is 2.17. The summed E-state index contributed by atoms with van der Waals surface area (Å²) in [5.41, 5.74) is 1.54. The maximum atomic E-state index is 11.9. The molecule has 0 aromatic heterocycles. The third kappa shape index (κ3) is 7.38. The lowest BCUT2D eigenvalue weighted by Crippen LogP contribution is -2.23. The van der Waals surface area contributed by atoms with Gasteiger partial charge in [-0.3, -0.25) is 9.59 Å². The SMILES string of the molecule is CC(C)(C)CC(=O)OCC(=O)Nc1ccc(OCc2ccccc2)cc1. The molecular formula is C21H25NO4. The second-order valence-corrected chi connectivity index (χ2v) is 7.24. The molecule has 0 heterocycles. The zero-order valence-electron chi connectivity index (χ0n) is 15.5. The molecule has 138 valence electrons. The Morgan fingerprint density at radius 1 is 0.962 bits per heavy atom. The van der Waals surface area contributed by atoms with E-state index >= 15 is 0 Å². The van der Waals surface area contributed by atoms with Crippen molar-refractivity contribution in [2.24, 2.45) is 5.41 Å². The summed E-state index contributed by atoms with van der Waals surface area (Å²) in [6.45, 7) is 6.01. The number of hydrogen-bond acceptors (Lipinski definition) is 4. The summed E-state index contributed by atoms with van der Waals surface area (Å²) < 4.78 is 10.7. The van der Waals surface area contributed by atoms with Crippen LogP contribution in [0.25, 0.3) is 0 Å². The molecule has 0 aliphatic heterocycles. The number of carbonyl (C=O) groups is 2. The van der Waals surface area contributed by atoms with Gasteiger partial charge >= 0.3 is 5.97 Å². The third-order valence-corrected chi connectivity index (χ3v) is 3.43. The third-order valence-electron chi connectivity index (χ3n) is 3.43. The number of hydrogen-bond donors (Lipinski definition) is 1. The monoisotopic (exact) mass is 355 g/mol. The zero-order valence-corrected chi connectivity index (χ0v) is 15.5. The summed E-state index contributed by atoms with van der Waals surface area (Å²) in [5.74, 6) is -0.0361. The largest absolute Gasteiger partial charge is 0.489 e. The Morgan fingerprint density at radius 3 is 2.23 bits per heavy atom. The first kappa shape index (κ1) is 19.5. The van der Waals surface area contributed by atoms with Crippen molar-refractivity contribution in [1.29, 1.82) is 0 Å². The lowest BCUT2D eigenvalue weighted by molar-refractivity contribution is -0.149. The molecule has 2 aromatic carbocycles. The molecule has 26 heavy (non-hydrogen) atoms. The minimum atomic E-state index is -0.377. The first-order chi connectivity index (χ1) is 12.3. The van der Waals surface area contributed by atoms with Crippen LogP contribution in [0.3, 0.4) is 0 Å². The molecule has 2 rings (SSSR count). The molecule has 0 atom stereocenters. The highest BCUT2D eigenvalue weighted by molar-refractivity contribution is 5.92. The van der Waals surface area contributed by atoms with Crippen LogP contribution in [0, 0.1) is 5.41 Å². The van der Waals surface area contributed by atoms with Gasteiger partial charge in [0, 0.05) is 5.69 Å². The molecule has 2 aromatic rings. The first-order valence-corrected chi connectivity index (χ1v) is 8.54. The lowest BCUT2D eigenvalue weighted by atomic mass is 9.92. The standard InChI is InChI=1S/C21H25NO4/c1-21(2,3)13-20(24)26-15-19(23)22-17-9-11-18(12-10-17)25-14-16-7-5-4-6-8-16/h4-12H,13-15H2,1-3H3,(H,22,23). The van der Waals surface area contributed by atoms with Crippen LogP contribution in [-0.4, -0.2) is 18.5 Å². The van der Waals surface area contributed by atoms with E-state index in [1.807, 2.05) is 51.1 Å². The van der Waals surface area contributed by atoms with Crippen LogP contribution >= 0.6 is 0 Å². The van der Waals surface area contributed by atoms with E-state index in [0.29, 0.717) is 18.0 Å². The number of esters is 1. The topological polar surface area (TPSA) is 64.6 Å². The van der Waals surface area contributed by atoms with Crippen LogP contribution in [0.5, 0.6) is 5.75 Å². The molecule has 0 bridgehead atoms. The molecule has 0 radical (unpaired) electrons. The number of rotatable bonds is 7. The molecule has 0 fully saturated rings. The fraction of sp³-hybridized carbons (Fsp3) is 0.333. The van der Waals surface area contributed by atoms with E-state index in [9.17, 15) is 9.59 Å². The minimum absolute atomic E-state index is 0.164. The number of benzene rings is 2.